The van der Waals surface area contributed by atoms with E-state index < -0.39 is 16.1 Å². The van der Waals surface area contributed by atoms with E-state index in [1.165, 1.54) is 17.4 Å². The maximum absolute atomic E-state index is 12.4. The standard InChI is InChI=1S/C11H14BrN3O2S/c1-8(5-6-13)15(2)18(16,17)11-7-9(14)3-4-10(11)12/h3-4,7-8H,5,14H2,1-2H3. The van der Waals surface area contributed by atoms with E-state index in [-0.39, 0.29) is 11.3 Å². The molecule has 7 heteroatoms. The Morgan fingerprint density at radius 2 is 2.17 bits per heavy atom. The molecule has 2 N–H and O–H groups in total. The van der Waals surface area contributed by atoms with E-state index in [1.807, 2.05) is 6.07 Å². The molecule has 1 atom stereocenters. The SMILES string of the molecule is CC(CC#N)N(C)S(=O)(=O)c1cc(N)ccc1Br. The summed E-state index contributed by atoms with van der Waals surface area (Å²) in [4.78, 5) is 0.106. The topological polar surface area (TPSA) is 87.2 Å². The quantitative estimate of drug-likeness (QED) is 0.854. The highest BCUT2D eigenvalue weighted by atomic mass is 79.9. The molecular formula is C11H14BrN3O2S. The van der Waals surface area contributed by atoms with E-state index in [1.54, 1.807) is 19.1 Å². The van der Waals surface area contributed by atoms with Gasteiger partial charge in [-0.25, -0.2) is 8.42 Å². The Hall–Kier alpha value is -1.10. The number of nitrogens with zero attached hydrogens (tertiary/aromatic N) is 2. The van der Waals surface area contributed by atoms with E-state index in [9.17, 15) is 8.42 Å². The minimum atomic E-state index is -3.66. The lowest BCUT2D eigenvalue weighted by Gasteiger charge is -2.23. The lowest BCUT2D eigenvalue weighted by Crippen LogP contribution is -2.35. The van der Waals surface area contributed by atoms with Gasteiger partial charge >= 0.3 is 0 Å². The molecule has 5 nitrogen and oxygen atoms in total. The lowest BCUT2D eigenvalue weighted by atomic mass is 10.3. The molecule has 1 unspecified atom stereocenters. The van der Waals surface area contributed by atoms with Gasteiger partial charge < -0.3 is 5.73 Å². The third kappa shape index (κ3) is 3.02. The molecule has 0 bridgehead atoms. The number of hydrogen-bond donors (Lipinski definition) is 1. The van der Waals surface area contributed by atoms with Gasteiger partial charge in [0.05, 0.1) is 17.4 Å². The average molecular weight is 332 g/mol. The summed E-state index contributed by atoms with van der Waals surface area (Å²) in [6, 6.07) is 6.16. The summed E-state index contributed by atoms with van der Waals surface area (Å²) in [5.41, 5.74) is 5.98. The molecule has 0 spiro atoms. The highest BCUT2D eigenvalue weighted by molar-refractivity contribution is 9.10. The van der Waals surface area contributed by atoms with Crippen LogP contribution in [-0.2, 0) is 10.0 Å². The zero-order chi connectivity index (χ0) is 13.9. The lowest BCUT2D eigenvalue weighted by molar-refractivity contribution is 0.393. The average Bonchev–Trinajstić information content (AvgIpc) is 2.31. The first-order valence-electron chi connectivity index (χ1n) is 5.20. The van der Waals surface area contributed by atoms with Crippen LogP contribution in [0.15, 0.2) is 27.6 Å². The summed E-state index contributed by atoms with van der Waals surface area (Å²) >= 11 is 3.20. The molecule has 1 aromatic rings. The summed E-state index contributed by atoms with van der Waals surface area (Å²) in [5.74, 6) is 0. The van der Waals surface area contributed by atoms with Crippen LogP contribution in [0.5, 0.6) is 0 Å². The van der Waals surface area contributed by atoms with Gasteiger partial charge in [-0.1, -0.05) is 0 Å². The normalized spacial score (nSPS) is 13.3. The number of sulfonamides is 1. The summed E-state index contributed by atoms with van der Waals surface area (Å²) in [5, 5.41) is 8.62. The largest absolute Gasteiger partial charge is 0.399 e. The highest BCUT2D eigenvalue weighted by Gasteiger charge is 2.27. The third-order valence-electron chi connectivity index (χ3n) is 2.62. The van der Waals surface area contributed by atoms with Gasteiger partial charge in [-0.3, -0.25) is 0 Å². The molecule has 0 heterocycles. The molecule has 0 amide bonds. The van der Waals surface area contributed by atoms with E-state index in [0.29, 0.717) is 10.2 Å². The van der Waals surface area contributed by atoms with Crippen molar-refractivity contribution in [1.29, 1.82) is 5.26 Å². The fourth-order valence-corrected chi connectivity index (χ4v) is 3.69. The van der Waals surface area contributed by atoms with Crippen molar-refractivity contribution < 1.29 is 8.42 Å². The highest BCUT2D eigenvalue weighted by Crippen LogP contribution is 2.27. The Balaban J connectivity index is 3.22. The fraction of sp³-hybridized carbons (Fsp3) is 0.364. The summed E-state index contributed by atoms with van der Waals surface area (Å²) in [6.07, 6.45) is 0.135. The first-order valence-corrected chi connectivity index (χ1v) is 7.44. The Morgan fingerprint density at radius 3 is 2.72 bits per heavy atom. The van der Waals surface area contributed by atoms with Gasteiger partial charge in [0.25, 0.3) is 0 Å². The van der Waals surface area contributed by atoms with Crippen LogP contribution in [0.25, 0.3) is 0 Å². The van der Waals surface area contributed by atoms with E-state index in [0.717, 1.165) is 0 Å². The smallest absolute Gasteiger partial charge is 0.244 e. The van der Waals surface area contributed by atoms with Crippen LogP contribution < -0.4 is 5.73 Å². The Morgan fingerprint density at radius 1 is 1.56 bits per heavy atom. The molecule has 98 valence electrons. The van der Waals surface area contributed by atoms with Crippen LogP contribution in [0.1, 0.15) is 13.3 Å². The van der Waals surface area contributed by atoms with E-state index in [2.05, 4.69) is 15.9 Å². The van der Waals surface area contributed by atoms with E-state index in [4.69, 9.17) is 11.0 Å². The summed E-state index contributed by atoms with van der Waals surface area (Å²) in [6.45, 7) is 1.68. The van der Waals surface area contributed by atoms with Crippen molar-refractivity contribution in [3.8, 4) is 6.07 Å². The van der Waals surface area contributed by atoms with Gasteiger partial charge in [0, 0.05) is 23.2 Å². The van der Waals surface area contributed by atoms with Crippen LogP contribution in [0.3, 0.4) is 0 Å². The maximum Gasteiger partial charge on any atom is 0.244 e. The third-order valence-corrected chi connectivity index (χ3v) is 5.59. The van der Waals surface area contributed by atoms with Crippen LogP contribution in [0.2, 0.25) is 0 Å². The van der Waals surface area contributed by atoms with Crippen molar-refractivity contribution >= 4 is 31.6 Å². The molecule has 0 radical (unpaired) electrons. The van der Waals surface area contributed by atoms with Crippen LogP contribution >= 0.6 is 15.9 Å². The van der Waals surface area contributed by atoms with Crippen LogP contribution in [0.4, 0.5) is 5.69 Å². The van der Waals surface area contributed by atoms with Crippen LogP contribution in [0, 0.1) is 11.3 Å². The van der Waals surface area contributed by atoms with Gasteiger partial charge in [0.1, 0.15) is 0 Å². The molecular weight excluding hydrogens is 318 g/mol. The summed E-state index contributed by atoms with van der Waals surface area (Å²) in [7, 11) is -2.21. The molecule has 0 saturated heterocycles. The molecule has 1 aromatic carbocycles. The fourth-order valence-electron chi connectivity index (χ4n) is 1.37. The molecule has 1 rings (SSSR count). The van der Waals surface area contributed by atoms with Crippen molar-refractivity contribution in [2.75, 3.05) is 12.8 Å². The van der Waals surface area contributed by atoms with Gasteiger partial charge in [-0.15, -0.1) is 0 Å². The zero-order valence-corrected chi connectivity index (χ0v) is 12.5. The minimum Gasteiger partial charge on any atom is -0.399 e. The Kier molecular flexibility index (Phi) is 4.73. The number of nitrogen functional groups attached to an aromatic ring is 1. The molecule has 0 aliphatic heterocycles. The van der Waals surface area contributed by atoms with Crippen molar-refractivity contribution in [3.63, 3.8) is 0 Å². The number of anilines is 1. The van der Waals surface area contributed by atoms with Crippen molar-refractivity contribution in [3.05, 3.63) is 22.7 Å². The van der Waals surface area contributed by atoms with Crippen molar-refractivity contribution in [2.24, 2.45) is 0 Å². The predicted molar refractivity (Wildman–Crippen MR) is 73.2 cm³/mol. The maximum atomic E-state index is 12.4. The molecule has 0 aliphatic carbocycles. The first kappa shape index (κ1) is 15.0. The van der Waals surface area contributed by atoms with E-state index >= 15 is 0 Å². The number of rotatable bonds is 4. The second kappa shape index (κ2) is 5.69. The monoisotopic (exact) mass is 331 g/mol. The Labute approximate surface area is 115 Å². The van der Waals surface area contributed by atoms with Gasteiger partial charge in [0.2, 0.25) is 10.0 Å². The number of nitrogens with two attached hydrogens (primary N) is 1. The van der Waals surface area contributed by atoms with Crippen molar-refractivity contribution in [1.82, 2.24) is 4.31 Å². The van der Waals surface area contributed by atoms with Crippen molar-refractivity contribution in [2.45, 2.75) is 24.3 Å². The molecule has 18 heavy (non-hydrogen) atoms. The molecule has 0 saturated carbocycles. The summed E-state index contributed by atoms with van der Waals surface area (Å²) < 4.78 is 26.3. The zero-order valence-electron chi connectivity index (χ0n) is 10.1. The number of benzene rings is 1. The number of hydrogen-bond acceptors (Lipinski definition) is 4. The van der Waals surface area contributed by atoms with Gasteiger partial charge in [0.15, 0.2) is 0 Å². The first-order chi connectivity index (χ1) is 8.30. The molecule has 0 aromatic heterocycles. The predicted octanol–water partition coefficient (Wildman–Crippen LogP) is 1.95. The molecule has 0 aliphatic rings. The second-order valence-corrected chi connectivity index (χ2v) is 6.74. The Bertz CT molecular complexity index is 580. The number of nitriles is 1. The van der Waals surface area contributed by atoms with Gasteiger partial charge in [-0.2, -0.15) is 9.57 Å². The van der Waals surface area contributed by atoms with Gasteiger partial charge in [-0.05, 0) is 41.1 Å². The second-order valence-electron chi connectivity index (χ2n) is 3.92. The molecule has 0 fully saturated rings. The number of halogens is 1. The minimum absolute atomic E-state index is 0.106. The van der Waals surface area contributed by atoms with Crippen LogP contribution in [-0.4, -0.2) is 25.8 Å².